The summed E-state index contributed by atoms with van der Waals surface area (Å²) in [7, 11) is 0. The first-order chi connectivity index (χ1) is 8.43. The molecular formula is C13H27IN4O. The molecule has 1 fully saturated rings. The third-order valence-electron chi connectivity index (χ3n) is 2.61. The number of nitrogens with zero attached hydrogens (tertiary/aromatic N) is 1. The van der Waals surface area contributed by atoms with Crippen molar-refractivity contribution in [2.45, 2.75) is 46.6 Å². The van der Waals surface area contributed by atoms with Crippen LogP contribution in [0.3, 0.4) is 0 Å². The van der Waals surface area contributed by atoms with Gasteiger partial charge < -0.3 is 16.0 Å². The number of carbonyl (C=O) groups excluding carboxylic acids is 1. The minimum atomic E-state index is -0.333. The number of hydrogen-bond acceptors (Lipinski definition) is 2. The van der Waals surface area contributed by atoms with Crippen molar-refractivity contribution in [1.82, 2.24) is 16.0 Å². The number of nitrogens with one attached hydrogen (secondary N) is 3. The Balaban J connectivity index is 0.00000324. The second kappa shape index (κ2) is 8.60. The molecule has 0 heterocycles. The van der Waals surface area contributed by atoms with E-state index in [9.17, 15) is 4.79 Å². The molecule has 3 N–H and O–H groups in total. The fourth-order valence-electron chi connectivity index (χ4n) is 1.34. The average Bonchev–Trinajstić information content (AvgIpc) is 3.06. The van der Waals surface area contributed by atoms with E-state index >= 15 is 0 Å². The molecule has 1 aliphatic rings. The maximum atomic E-state index is 11.6. The molecule has 0 bridgehead atoms. The van der Waals surface area contributed by atoms with Gasteiger partial charge in [0.25, 0.3) is 0 Å². The third kappa shape index (κ3) is 8.28. The van der Waals surface area contributed by atoms with Crippen LogP contribution in [0.2, 0.25) is 0 Å². The maximum Gasteiger partial charge on any atom is 0.225 e. The van der Waals surface area contributed by atoms with E-state index in [2.05, 4.69) is 20.9 Å². The van der Waals surface area contributed by atoms with Gasteiger partial charge in [-0.25, -0.2) is 0 Å². The lowest BCUT2D eigenvalue weighted by molar-refractivity contribution is -0.128. The Hall–Kier alpha value is -0.530. The molecule has 0 atom stereocenters. The molecule has 0 aromatic heterocycles. The second-order valence-corrected chi connectivity index (χ2v) is 5.69. The van der Waals surface area contributed by atoms with E-state index in [-0.39, 0.29) is 35.3 Å². The third-order valence-corrected chi connectivity index (χ3v) is 2.61. The first-order valence-corrected chi connectivity index (χ1v) is 6.76. The molecule has 1 rings (SSSR count). The van der Waals surface area contributed by atoms with Crippen LogP contribution in [0.5, 0.6) is 0 Å². The van der Waals surface area contributed by atoms with Gasteiger partial charge in [0, 0.05) is 24.5 Å². The highest BCUT2D eigenvalue weighted by atomic mass is 127. The van der Waals surface area contributed by atoms with Crippen LogP contribution in [0.4, 0.5) is 0 Å². The van der Waals surface area contributed by atoms with Gasteiger partial charge in [-0.05, 0) is 19.8 Å². The number of halogens is 1. The second-order valence-electron chi connectivity index (χ2n) is 5.69. The highest BCUT2D eigenvalue weighted by molar-refractivity contribution is 14.0. The lowest BCUT2D eigenvalue weighted by atomic mass is 9.96. The molecule has 6 heteroatoms. The standard InChI is InChI=1S/C13H26N4O.HI/c1-5-14-12(17-10-6-7-10)16-9-8-15-11(18)13(2,3)4;/h10H,5-9H2,1-4H3,(H,15,18)(H2,14,16,17);1H. The van der Waals surface area contributed by atoms with Crippen molar-refractivity contribution in [3.63, 3.8) is 0 Å². The summed E-state index contributed by atoms with van der Waals surface area (Å²) in [4.78, 5) is 16.1. The SMILES string of the molecule is CCNC(=NCCNC(=O)C(C)(C)C)NC1CC1.I. The highest BCUT2D eigenvalue weighted by Crippen LogP contribution is 2.18. The zero-order chi connectivity index (χ0) is 13.6. The van der Waals surface area contributed by atoms with Crippen molar-refractivity contribution >= 4 is 35.8 Å². The van der Waals surface area contributed by atoms with E-state index in [1.807, 2.05) is 27.7 Å². The molecule has 0 aromatic carbocycles. The summed E-state index contributed by atoms with van der Waals surface area (Å²) in [6, 6.07) is 0.590. The largest absolute Gasteiger partial charge is 0.357 e. The van der Waals surface area contributed by atoms with E-state index < -0.39 is 0 Å². The van der Waals surface area contributed by atoms with Crippen LogP contribution in [0.1, 0.15) is 40.5 Å². The van der Waals surface area contributed by atoms with Gasteiger partial charge in [0.2, 0.25) is 5.91 Å². The van der Waals surface area contributed by atoms with Gasteiger partial charge in [-0.3, -0.25) is 9.79 Å². The van der Waals surface area contributed by atoms with Crippen LogP contribution in [-0.2, 0) is 4.79 Å². The fourth-order valence-corrected chi connectivity index (χ4v) is 1.34. The predicted octanol–water partition coefficient (Wildman–Crippen LogP) is 1.48. The topological polar surface area (TPSA) is 65.5 Å². The van der Waals surface area contributed by atoms with Gasteiger partial charge >= 0.3 is 0 Å². The van der Waals surface area contributed by atoms with E-state index in [0.29, 0.717) is 19.1 Å². The van der Waals surface area contributed by atoms with Crippen LogP contribution < -0.4 is 16.0 Å². The number of hydrogen-bond donors (Lipinski definition) is 3. The number of rotatable bonds is 5. The Morgan fingerprint density at radius 3 is 2.37 bits per heavy atom. The molecule has 19 heavy (non-hydrogen) atoms. The van der Waals surface area contributed by atoms with Crippen molar-refractivity contribution in [3.05, 3.63) is 0 Å². The van der Waals surface area contributed by atoms with Crippen LogP contribution >= 0.6 is 24.0 Å². The summed E-state index contributed by atoms with van der Waals surface area (Å²) >= 11 is 0. The van der Waals surface area contributed by atoms with Crippen molar-refractivity contribution in [2.24, 2.45) is 10.4 Å². The summed E-state index contributed by atoms with van der Waals surface area (Å²) in [5.74, 6) is 0.919. The lowest BCUT2D eigenvalue weighted by Crippen LogP contribution is -2.40. The van der Waals surface area contributed by atoms with Gasteiger partial charge in [0.1, 0.15) is 0 Å². The molecule has 1 aliphatic carbocycles. The van der Waals surface area contributed by atoms with E-state index in [1.165, 1.54) is 12.8 Å². The number of guanidine groups is 1. The molecule has 0 spiro atoms. The van der Waals surface area contributed by atoms with E-state index in [0.717, 1.165) is 12.5 Å². The molecule has 0 saturated heterocycles. The quantitative estimate of drug-likeness (QED) is 0.292. The van der Waals surface area contributed by atoms with Gasteiger partial charge in [-0.1, -0.05) is 20.8 Å². The Bertz CT molecular complexity index is 308. The minimum absolute atomic E-state index is 0. The lowest BCUT2D eigenvalue weighted by Gasteiger charge is -2.17. The Labute approximate surface area is 133 Å². The molecule has 1 amide bonds. The molecule has 0 aromatic rings. The summed E-state index contributed by atoms with van der Waals surface area (Å²) in [5.41, 5.74) is -0.333. The predicted molar refractivity (Wildman–Crippen MR) is 90.0 cm³/mol. The fraction of sp³-hybridized carbons (Fsp3) is 0.846. The zero-order valence-electron chi connectivity index (χ0n) is 12.4. The summed E-state index contributed by atoms with van der Waals surface area (Å²) in [6.07, 6.45) is 2.45. The molecule has 0 aliphatic heterocycles. The Morgan fingerprint density at radius 1 is 1.26 bits per heavy atom. The van der Waals surface area contributed by atoms with Crippen molar-refractivity contribution in [2.75, 3.05) is 19.6 Å². The van der Waals surface area contributed by atoms with Crippen LogP contribution in [0, 0.1) is 5.41 Å². The smallest absolute Gasteiger partial charge is 0.225 e. The van der Waals surface area contributed by atoms with Gasteiger partial charge in [0.15, 0.2) is 5.96 Å². The number of carbonyl (C=O) groups is 1. The zero-order valence-corrected chi connectivity index (χ0v) is 14.7. The number of amides is 1. The summed E-state index contributed by atoms with van der Waals surface area (Å²) in [6.45, 7) is 9.80. The van der Waals surface area contributed by atoms with Crippen molar-refractivity contribution in [3.8, 4) is 0 Å². The highest BCUT2D eigenvalue weighted by Gasteiger charge is 2.22. The Morgan fingerprint density at radius 2 is 1.89 bits per heavy atom. The molecule has 1 saturated carbocycles. The van der Waals surface area contributed by atoms with Crippen molar-refractivity contribution < 1.29 is 4.79 Å². The molecule has 0 radical (unpaired) electrons. The van der Waals surface area contributed by atoms with Crippen LogP contribution in [0.25, 0.3) is 0 Å². The first kappa shape index (κ1) is 18.5. The van der Waals surface area contributed by atoms with Crippen molar-refractivity contribution in [1.29, 1.82) is 0 Å². The van der Waals surface area contributed by atoms with Gasteiger partial charge in [-0.2, -0.15) is 0 Å². The van der Waals surface area contributed by atoms with E-state index in [1.54, 1.807) is 0 Å². The molecule has 0 unspecified atom stereocenters. The summed E-state index contributed by atoms with van der Waals surface area (Å²) < 4.78 is 0. The summed E-state index contributed by atoms with van der Waals surface area (Å²) in [5, 5.41) is 9.42. The molecule has 5 nitrogen and oxygen atoms in total. The van der Waals surface area contributed by atoms with Gasteiger partial charge in [0.05, 0.1) is 6.54 Å². The van der Waals surface area contributed by atoms with Crippen LogP contribution in [0.15, 0.2) is 4.99 Å². The normalized spacial score (nSPS) is 15.5. The molecule has 112 valence electrons. The maximum absolute atomic E-state index is 11.6. The van der Waals surface area contributed by atoms with E-state index in [4.69, 9.17) is 0 Å². The monoisotopic (exact) mass is 382 g/mol. The number of aliphatic imine (C=N–C) groups is 1. The molecular weight excluding hydrogens is 355 g/mol. The van der Waals surface area contributed by atoms with Gasteiger partial charge in [-0.15, -0.1) is 24.0 Å². The minimum Gasteiger partial charge on any atom is -0.357 e. The van der Waals surface area contributed by atoms with Crippen LogP contribution in [-0.4, -0.2) is 37.5 Å². The average molecular weight is 382 g/mol. The first-order valence-electron chi connectivity index (χ1n) is 6.76. The Kier molecular flexibility index (Phi) is 8.36.